The summed E-state index contributed by atoms with van der Waals surface area (Å²) in [6.45, 7) is 3.24. The van der Waals surface area contributed by atoms with E-state index in [1.165, 1.54) is 9.60 Å². The van der Waals surface area contributed by atoms with Crippen LogP contribution in [0.25, 0.3) is 10.2 Å². The summed E-state index contributed by atoms with van der Waals surface area (Å²) in [5, 5.41) is 1.05. The molecule has 4 nitrogen and oxygen atoms in total. The molecule has 0 saturated carbocycles. The zero-order valence-electron chi connectivity index (χ0n) is 14.8. The summed E-state index contributed by atoms with van der Waals surface area (Å²) in [6.07, 6.45) is 0.592. The van der Waals surface area contributed by atoms with Gasteiger partial charge >= 0.3 is 0 Å². The number of thioether (sulfide) groups is 1. The third kappa shape index (κ3) is 4.65. The minimum atomic E-state index is 0.256. The molecule has 4 rings (SSSR count). The highest BCUT2D eigenvalue weighted by atomic mass is 79.9. The summed E-state index contributed by atoms with van der Waals surface area (Å²) >= 11 is 6.98. The zero-order chi connectivity index (χ0) is 18.6. The van der Waals surface area contributed by atoms with Crippen molar-refractivity contribution in [3.8, 4) is 0 Å². The molecule has 27 heavy (non-hydrogen) atoms. The van der Waals surface area contributed by atoms with Crippen LogP contribution in [0.4, 0.5) is 5.13 Å². The van der Waals surface area contributed by atoms with Gasteiger partial charge in [-0.15, -0.1) is 11.8 Å². The van der Waals surface area contributed by atoms with Crippen LogP contribution < -0.4 is 4.90 Å². The molecular formula is C20H20BrN3OS2. The van der Waals surface area contributed by atoms with E-state index in [0.29, 0.717) is 6.42 Å². The van der Waals surface area contributed by atoms with Gasteiger partial charge in [-0.25, -0.2) is 4.98 Å². The smallest absolute Gasteiger partial charge is 0.223 e. The van der Waals surface area contributed by atoms with Crippen molar-refractivity contribution in [3.63, 3.8) is 0 Å². The first-order valence-corrected chi connectivity index (χ1v) is 11.6. The van der Waals surface area contributed by atoms with Crippen molar-refractivity contribution >= 4 is 60.3 Å². The minimum Gasteiger partial charge on any atom is -0.345 e. The largest absolute Gasteiger partial charge is 0.345 e. The van der Waals surface area contributed by atoms with Crippen molar-refractivity contribution in [2.45, 2.75) is 11.3 Å². The van der Waals surface area contributed by atoms with Crippen LogP contribution in [0, 0.1) is 0 Å². The average molecular weight is 462 g/mol. The van der Waals surface area contributed by atoms with E-state index >= 15 is 0 Å². The Kier molecular flexibility index (Phi) is 6.00. The van der Waals surface area contributed by atoms with Crippen LogP contribution in [0.15, 0.2) is 57.9 Å². The fourth-order valence-corrected chi connectivity index (χ4v) is 5.53. The predicted octanol–water partition coefficient (Wildman–Crippen LogP) is 4.89. The number of thiazole rings is 1. The Labute approximate surface area is 175 Å². The Morgan fingerprint density at radius 2 is 1.89 bits per heavy atom. The predicted molar refractivity (Wildman–Crippen MR) is 118 cm³/mol. The summed E-state index contributed by atoms with van der Waals surface area (Å²) in [4.78, 5) is 22.7. The van der Waals surface area contributed by atoms with Crippen LogP contribution in [-0.4, -0.2) is 47.7 Å². The molecule has 0 spiro atoms. The minimum absolute atomic E-state index is 0.256. The van der Waals surface area contributed by atoms with Crippen LogP contribution in [0.5, 0.6) is 0 Å². The van der Waals surface area contributed by atoms with Crippen LogP contribution >= 0.6 is 39.0 Å². The van der Waals surface area contributed by atoms with Gasteiger partial charge < -0.3 is 9.80 Å². The Morgan fingerprint density at radius 1 is 1.11 bits per heavy atom. The van der Waals surface area contributed by atoms with E-state index in [0.717, 1.165) is 47.1 Å². The van der Waals surface area contributed by atoms with Crippen molar-refractivity contribution in [3.05, 3.63) is 53.0 Å². The Balaban J connectivity index is 1.28. The van der Waals surface area contributed by atoms with Crippen molar-refractivity contribution in [2.75, 3.05) is 36.8 Å². The Bertz CT molecular complexity index is 923. The Morgan fingerprint density at radius 3 is 2.67 bits per heavy atom. The van der Waals surface area contributed by atoms with Crippen LogP contribution in [-0.2, 0) is 4.79 Å². The van der Waals surface area contributed by atoms with Gasteiger partial charge in [0.05, 0.1) is 10.2 Å². The molecule has 0 N–H and O–H groups in total. The van der Waals surface area contributed by atoms with Crippen molar-refractivity contribution in [1.29, 1.82) is 0 Å². The molecule has 1 aromatic heterocycles. The molecule has 1 aliphatic heterocycles. The lowest BCUT2D eigenvalue weighted by molar-refractivity contribution is -0.131. The standard InChI is InChI=1S/C20H20BrN3OS2/c21-15-6-7-17-18(14-15)27-20(22-17)24-11-9-23(10-12-24)19(25)8-13-26-16-4-2-1-3-5-16/h1-7,14H,8-13H2. The van der Waals surface area contributed by atoms with Gasteiger partial charge in [-0.2, -0.15) is 0 Å². The van der Waals surface area contributed by atoms with Crippen molar-refractivity contribution in [1.82, 2.24) is 9.88 Å². The molecule has 1 fully saturated rings. The average Bonchev–Trinajstić information content (AvgIpc) is 3.12. The van der Waals surface area contributed by atoms with Gasteiger partial charge in [-0.1, -0.05) is 45.5 Å². The fourth-order valence-electron chi connectivity index (χ4n) is 3.10. The third-order valence-corrected chi connectivity index (χ3v) is 7.16. The zero-order valence-corrected chi connectivity index (χ0v) is 18.0. The van der Waals surface area contributed by atoms with Crippen molar-refractivity contribution < 1.29 is 4.79 Å². The van der Waals surface area contributed by atoms with Gasteiger partial charge in [0.1, 0.15) is 0 Å². The van der Waals surface area contributed by atoms with Gasteiger partial charge in [0.15, 0.2) is 5.13 Å². The van der Waals surface area contributed by atoms with E-state index in [1.807, 2.05) is 35.2 Å². The van der Waals surface area contributed by atoms with Crippen LogP contribution in [0.1, 0.15) is 6.42 Å². The molecular weight excluding hydrogens is 442 g/mol. The quantitative estimate of drug-likeness (QED) is 0.506. The molecule has 2 aromatic carbocycles. The summed E-state index contributed by atoms with van der Waals surface area (Å²) in [5.74, 6) is 1.09. The van der Waals surface area contributed by atoms with Gasteiger partial charge in [-0.3, -0.25) is 4.79 Å². The molecule has 0 atom stereocenters. The summed E-state index contributed by atoms with van der Waals surface area (Å²) in [6, 6.07) is 16.4. The van der Waals surface area contributed by atoms with E-state index in [-0.39, 0.29) is 5.91 Å². The molecule has 3 aromatic rings. The number of fused-ring (bicyclic) bond motifs is 1. The topological polar surface area (TPSA) is 36.4 Å². The molecule has 0 radical (unpaired) electrons. The number of aromatic nitrogens is 1. The number of carbonyl (C=O) groups is 1. The number of hydrogen-bond donors (Lipinski definition) is 0. The highest BCUT2D eigenvalue weighted by Crippen LogP contribution is 2.31. The van der Waals surface area contributed by atoms with E-state index in [9.17, 15) is 4.79 Å². The third-order valence-electron chi connectivity index (χ3n) is 4.57. The van der Waals surface area contributed by atoms with Gasteiger partial charge in [-0.05, 0) is 30.3 Å². The lowest BCUT2D eigenvalue weighted by atomic mass is 10.3. The SMILES string of the molecule is O=C(CCSc1ccccc1)N1CCN(c2nc3ccc(Br)cc3s2)CC1. The summed E-state index contributed by atoms with van der Waals surface area (Å²) < 4.78 is 2.27. The number of hydrogen-bond acceptors (Lipinski definition) is 5. The number of benzene rings is 2. The molecule has 0 unspecified atom stereocenters. The molecule has 0 bridgehead atoms. The van der Waals surface area contributed by atoms with Crippen LogP contribution in [0.2, 0.25) is 0 Å². The first-order chi connectivity index (χ1) is 13.2. The Hall–Kier alpha value is -1.57. The van der Waals surface area contributed by atoms with Crippen molar-refractivity contribution in [2.24, 2.45) is 0 Å². The number of nitrogens with zero attached hydrogens (tertiary/aromatic N) is 3. The first kappa shape index (κ1) is 18.8. The van der Waals surface area contributed by atoms with Gasteiger partial charge in [0.25, 0.3) is 0 Å². The first-order valence-electron chi connectivity index (χ1n) is 8.96. The fraction of sp³-hybridized carbons (Fsp3) is 0.300. The highest BCUT2D eigenvalue weighted by molar-refractivity contribution is 9.10. The van der Waals surface area contributed by atoms with Crippen LogP contribution in [0.3, 0.4) is 0 Å². The van der Waals surface area contributed by atoms with Gasteiger partial charge in [0, 0.05) is 47.7 Å². The molecule has 0 aliphatic carbocycles. The molecule has 140 valence electrons. The number of rotatable bonds is 5. The molecule has 2 heterocycles. The second-order valence-electron chi connectivity index (χ2n) is 6.39. The highest BCUT2D eigenvalue weighted by Gasteiger charge is 2.22. The second kappa shape index (κ2) is 8.63. The molecule has 1 aliphatic rings. The number of anilines is 1. The number of piperazine rings is 1. The maximum absolute atomic E-state index is 12.5. The second-order valence-corrected chi connectivity index (χ2v) is 9.48. The lowest BCUT2D eigenvalue weighted by Gasteiger charge is -2.34. The molecule has 1 saturated heterocycles. The molecule has 1 amide bonds. The summed E-state index contributed by atoms with van der Waals surface area (Å²) in [7, 11) is 0. The normalized spacial score (nSPS) is 14.7. The number of carbonyl (C=O) groups excluding carboxylic acids is 1. The maximum atomic E-state index is 12.5. The monoisotopic (exact) mass is 461 g/mol. The summed E-state index contributed by atoms with van der Waals surface area (Å²) in [5.41, 5.74) is 1.04. The van der Waals surface area contributed by atoms with E-state index < -0.39 is 0 Å². The number of halogens is 1. The number of amides is 1. The van der Waals surface area contributed by atoms with Gasteiger partial charge in [0.2, 0.25) is 5.91 Å². The van der Waals surface area contributed by atoms with E-state index in [1.54, 1.807) is 23.1 Å². The lowest BCUT2D eigenvalue weighted by Crippen LogP contribution is -2.48. The van der Waals surface area contributed by atoms with E-state index in [4.69, 9.17) is 4.98 Å². The molecule has 7 heteroatoms. The maximum Gasteiger partial charge on any atom is 0.223 e. The van der Waals surface area contributed by atoms with E-state index in [2.05, 4.69) is 39.0 Å².